The van der Waals surface area contributed by atoms with Crippen LogP contribution in [0.2, 0.25) is 0 Å². The van der Waals surface area contributed by atoms with Crippen LogP contribution < -0.4 is 10.9 Å². The molecule has 32 heavy (non-hydrogen) atoms. The number of carbonyl (C=O) groups is 2. The number of nitriles is 1. The summed E-state index contributed by atoms with van der Waals surface area (Å²) < 4.78 is 0. The van der Waals surface area contributed by atoms with Gasteiger partial charge in [-0.3, -0.25) is 19.3 Å². The van der Waals surface area contributed by atoms with Crippen molar-refractivity contribution in [1.29, 1.82) is 5.26 Å². The van der Waals surface area contributed by atoms with E-state index < -0.39 is 0 Å². The predicted molar refractivity (Wildman–Crippen MR) is 121 cm³/mol. The first-order chi connectivity index (χ1) is 15.4. The Balaban J connectivity index is 1.44. The van der Waals surface area contributed by atoms with E-state index >= 15 is 0 Å². The fourth-order valence-corrected chi connectivity index (χ4v) is 4.02. The molecule has 1 aliphatic rings. The number of H-pyrrole nitrogens is 1. The van der Waals surface area contributed by atoms with Crippen LogP contribution in [0.25, 0.3) is 0 Å². The van der Waals surface area contributed by atoms with E-state index in [-0.39, 0.29) is 22.9 Å². The maximum atomic E-state index is 12.7. The van der Waals surface area contributed by atoms with E-state index in [4.69, 9.17) is 0 Å². The Morgan fingerprint density at radius 3 is 2.47 bits per heavy atom. The van der Waals surface area contributed by atoms with Crippen molar-refractivity contribution in [3.05, 3.63) is 68.6 Å². The monoisotopic (exact) mass is 435 g/mol. The van der Waals surface area contributed by atoms with E-state index in [1.807, 2.05) is 41.3 Å². The van der Waals surface area contributed by atoms with Gasteiger partial charge in [-0.1, -0.05) is 30.3 Å². The number of aromatic amines is 1. The Hall–Kier alpha value is -3.44. The fourth-order valence-electron chi connectivity index (χ4n) is 4.02. The molecule has 2 N–H and O–H groups in total. The molecular formula is C24H29N5O3. The molecule has 8 nitrogen and oxygen atoms in total. The van der Waals surface area contributed by atoms with Crippen LogP contribution in [0.4, 0.5) is 0 Å². The van der Waals surface area contributed by atoms with Gasteiger partial charge in [0.15, 0.2) is 0 Å². The summed E-state index contributed by atoms with van der Waals surface area (Å²) in [5.74, 6) is 0.0210. The molecule has 0 aliphatic carbocycles. The van der Waals surface area contributed by atoms with E-state index in [2.05, 4.69) is 15.2 Å². The maximum absolute atomic E-state index is 12.7. The van der Waals surface area contributed by atoms with Gasteiger partial charge in [0.05, 0.1) is 6.54 Å². The number of hydrogen-bond donors (Lipinski definition) is 2. The largest absolute Gasteiger partial charge is 0.351 e. The molecule has 2 amide bonds. The average Bonchev–Trinajstić information content (AvgIpc) is 2.78. The highest BCUT2D eigenvalue weighted by atomic mass is 16.2. The third-order valence-corrected chi connectivity index (χ3v) is 5.93. The Morgan fingerprint density at radius 1 is 1.12 bits per heavy atom. The van der Waals surface area contributed by atoms with Gasteiger partial charge in [-0.15, -0.1) is 0 Å². The van der Waals surface area contributed by atoms with Gasteiger partial charge in [0.25, 0.3) is 5.56 Å². The molecular weight excluding hydrogens is 406 g/mol. The number of rotatable bonds is 7. The summed E-state index contributed by atoms with van der Waals surface area (Å²) in [7, 11) is 0. The van der Waals surface area contributed by atoms with Gasteiger partial charge < -0.3 is 15.2 Å². The van der Waals surface area contributed by atoms with Crippen LogP contribution in [0, 0.1) is 25.2 Å². The van der Waals surface area contributed by atoms with Crippen molar-refractivity contribution < 1.29 is 9.59 Å². The summed E-state index contributed by atoms with van der Waals surface area (Å²) in [5.41, 5.74) is 2.98. The van der Waals surface area contributed by atoms with E-state index in [1.165, 1.54) is 0 Å². The normalized spacial score (nSPS) is 14.1. The SMILES string of the molecule is Cc1[nH]c(=O)c(C#N)c(C)c1CCC(=O)N1CCN(CC(=O)NCc2ccccc2)CC1. The number of benzene rings is 1. The smallest absolute Gasteiger partial charge is 0.266 e. The zero-order valence-electron chi connectivity index (χ0n) is 18.6. The van der Waals surface area contributed by atoms with Crippen molar-refractivity contribution in [2.24, 2.45) is 0 Å². The number of pyridine rings is 1. The van der Waals surface area contributed by atoms with Crippen molar-refractivity contribution in [3.8, 4) is 6.07 Å². The van der Waals surface area contributed by atoms with Gasteiger partial charge in [-0.05, 0) is 37.0 Å². The lowest BCUT2D eigenvalue weighted by molar-refractivity contribution is -0.133. The quantitative estimate of drug-likeness (QED) is 0.680. The Morgan fingerprint density at radius 2 is 1.81 bits per heavy atom. The van der Waals surface area contributed by atoms with Crippen LogP contribution in [-0.2, 0) is 22.6 Å². The molecule has 0 atom stereocenters. The lowest BCUT2D eigenvalue weighted by Gasteiger charge is -2.34. The fraction of sp³-hybridized carbons (Fsp3) is 0.417. The van der Waals surface area contributed by atoms with Crippen molar-refractivity contribution in [1.82, 2.24) is 20.1 Å². The molecule has 0 radical (unpaired) electrons. The molecule has 3 rings (SSSR count). The summed E-state index contributed by atoms with van der Waals surface area (Å²) in [6.45, 7) is 6.84. The number of piperazine rings is 1. The lowest BCUT2D eigenvalue weighted by atomic mass is 9.99. The van der Waals surface area contributed by atoms with Gasteiger partial charge in [0.1, 0.15) is 11.6 Å². The number of nitrogens with one attached hydrogen (secondary N) is 2. The molecule has 0 bridgehead atoms. The van der Waals surface area contributed by atoms with E-state index in [0.717, 1.165) is 11.1 Å². The summed E-state index contributed by atoms with van der Waals surface area (Å²) in [6, 6.07) is 11.7. The third kappa shape index (κ3) is 5.83. The average molecular weight is 436 g/mol. The number of aromatic nitrogens is 1. The molecule has 8 heteroatoms. The second kappa shape index (κ2) is 10.7. The van der Waals surface area contributed by atoms with Crippen LogP contribution >= 0.6 is 0 Å². The number of aryl methyl sites for hydroxylation is 1. The van der Waals surface area contributed by atoms with Gasteiger partial charge >= 0.3 is 0 Å². The third-order valence-electron chi connectivity index (χ3n) is 5.93. The Labute approximate surface area is 187 Å². The van der Waals surface area contributed by atoms with Crippen molar-refractivity contribution in [2.75, 3.05) is 32.7 Å². The molecule has 1 saturated heterocycles. The Bertz CT molecular complexity index is 1060. The first kappa shape index (κ1) is 23.2. The molecule has 168 valence electrons. The number of nitrogens with zero attached hydrogens (tertiary/aromatic N) is 3. The molecule has 0 saturated carbocycles. The molecule has 2 heterocycles. The summed E-state index contributed by atoms with van der Waals surface area (Å²) in [4.78, 5) is 43.4. The van der Waals surface area contributed by atoms with Gasteiger partial charge in [0, 0.05) is 44.8 Å². The minimum atomic E-state index is -0.387. The minimum absolute atomic E-state index is 0.0223. The molecule has 1 aromatic heterocycles. The van der Waals surface area contributed by atoms with E-state index in [1.54, 1.807) is 13.8 Å². The standard InChI is InChI=1S/C24H29N5O3/c1-17-20(18(2)27-24(32)21(17)14-25)8-9-23(31)29-12-10-28(11-13-29)16-22(30)26-15-19-6-4-3-5-7-19/h3-7H,8-13,15-16H2,1-2H3,(H,26,30)(H,27,32). The van der Waals surface area contributed by atoms with Crippen LogP contribution in [0.15, 0.2) is 35.1 Å². The molecule has 1 fully saturated rings. The highest BCUT2D eigenvalue weighted by Crippen LogP contribution is 2.16. The highest BCUT2D eigenvalue weighted by molar-refractivity contribution is 5.78. The second-order valence-electron chi connectivity index (χ2n) is 8.09. The van der Waals surface area contributed by atoms with Crippen LogP contribution in [-0.4, -0.2) is 59.3 Å². The second-order valence-corrected chi connectivity index (χ2v) is 8.09. The molecule has 1 aromatic carbocycles. The van der Waals surface area contributed by atoms with Crippen molar-refractivity contribution >= 4 is 11.8 Å². The summed E-state index contributed by atoms with van der Waals surface area (Å²) in [5, 5.41) is 12.1. The Kier molecular flexibility index (Phi) is 7.79. The van der Waals surface area contributed by atoms with Gasteiger partial charge in [0.2, 0.25) is 11.8 Å². The van der Waals surface area contributed by atoms with Crippen LogP contribution in [0.5, 0.6) is 0 Å². The van der Waals surface area contributed by atoms with Crippen LogP contribution in [0.1, 0.15) is 34.4 Å². The molecule has 2 aromatic rings. The summed E-state index contributed by atoms with van der Waals surface area (Å²) >= 11 is 0. The van der Waals surface area contributed by atoms with Crippen molar-refractivity contribution in [3.63, 3.8) is 0 Å². The maximum Gasteiger partial charge on any atom is 0.266 e. The van der Waals surface area contributed by atoms with E-state index in [0.29, 0.717) is 63.4 Å². The van der Waals surface area contributed by atoms with E-state index in [9.17, 15) is 19.6 Å². The zero-order valence-corrected chi connectivity index (χ0v) is 18.6. The first-order valence-electron chi connectivity index (χ1n) is 10.8. The van der Waals surface area contributed by atoms with Crippen molar-refractivity contribution in [2.45, 2.75) is 33.2 Å². The zero-order chi connectivity index (χ0) is 23.1. The number of amides is 2. The summed E-state index contributed by atoms with van der Waals surface area (Å²) in [6.07, 6.45) is 0.792. The number of carbonyl (C=O) groups excluding carboxylic acids is 2. The minimum Gasteiger partial charge on any atom is -0.351 e. The van der Waals surface area contributed by atoms with Crippen LogP contribution in [0.3, 0.4) is 0 Å². The molecule has 1 aliphatic heterocycles. The topological polar surface area (TPSA) is 109 Å². The van der Waals surface area contributed by atoms with Gasteiger partial charge in [-0.25, -0.2) is 0 Å². The lowest BCUT2D eigenvalue weighted by Crippen LogP contribution is -2.51. The predicted octanol–water partition coefficient (Wildman–Crippen LogP) is 1.26. The highest BCUT2D eigenvalue weighted by Gasteiger charge is 2.23. The molecule has 0 spiro atoms. The first-order valence-corrected chi connectivity index (χ1v) is 10.8. The molecule has 0 unspecified atom stereocenters. The van der Waals surface area contributed by atoms with Gasteiger partial charge in [-0.2, -0.15) is 5.26 Å². The number of hydrogen-bond acceptors (Lipinski definition) is 5.